The molecule has 0 radical (unpaired) electrons. The Hall–Kier alpha value is -1.39. The molecule has 0 spiro atoms. The zero-order valence-electron chi connectivity index (χ0n) is 13.5. The van der Waals surface area contributed by atoms with E-state index in [1.807, 2.05) is 30.1 Å². The standard InChI is InChI=1S/C17H29N3O/c1-14(2)16(18)10-12-20(3)13-17(21)19-11-9-15-7-5-4-6-8-15/h4-8,14,16H,9-13,18H2,1-3H3,(H,19,21). The quantitative estimate of drug-likeness (QED) is 0.727. The van der Waals surface area contributed by atoms with Crippen LogP contribution < -0.4 is 11.1 Å². The molecule has 0 aliphatic heterocycles. The van der Waals surface area contributed by atoms with Crippen molar-refractivity contribution in [2.75, 3.05) is 26.7 Å². The molecule has 21 heavy (non-hydrogen) atoms. The Morgan fingerprint density at radius 1 is 1.29 bits per heavy atom. The van der Waals surface area contributed by atoms with Gasteiger partial charge in [-0.05, 0) is 37.9 Å². The van der Waals surface area contributed by atoms with Gasteiger partial charge in [-0.25, -0.2) is 0 Å². The molecule has 0 heterocycles. The summed E-state index contributed by atoms with van der Waals surface area (Å²) in [6, 6.07) is 10.4. The third-order valence-corrected chi connectivity index (χ3v) is 3.69. The second-order valence-electron chi connectivity index (χ2n) is 6.02. The molecular weight excluding hydrogens is 262 g/mol. The number of hydrogen-bond donors (Lipinski definition) is 2. The molecule has 4 heteroatoms. The fourth-order valence-corrected chi connectivity index (χ4v) is 2.07. The van der Waals surface area contributed by atoms with Crippen molar-refractivity contribution in [3.05, 3.63) is 35.9 Å². The molecule has 0 aliphatic carbocycles. The number of benzene rings is 1. The first-order valence-electron chi connectivity index (χ1n) is 7.73. The zero-order chi connectivity index (χ0) is 15.7. The van der Waals surface area contributed by atoms with Gasteiger partial charge in [0.25, 0.3) is 0 Å². The van der Waals surface area contributed by atoms with Crippen molar-refractivity contribution in [3.8, 4) is 0 Å². The molecule has 1 amide bonds. The van der Waals surface area contributed by atoms with Crippen LogP contribution in [0.2, 0.25) is 0 Å². The Morgan fingerprint density at radius 2 is 1.95 bits per heavy atom. The Kier molecular flexibility index (Phi) is 8.01. The minimum atomic E-state index is 0.0755. The minimum Gasteiger partial charge on any atom is -0.355 e. The summed E-state index contributed by atoms with van der Waals surface area (Å²) < 4.78 is 0. The van der Waals surface area contributed by atoms with E-state index < -0.39 is 0 Å². The zero-order valence-corrected chi connectivity index (χ0v) is 13.5. The van der Waals surface area contributed by atoms with Crippen LogP contribution in [0.5, 0.6) is 0 Å². The van der Waals surface area contributed by atoms with Gasteiger partial charge in [0, 0.05) is 12.6 Å². The monoisotopic (exact) mass is 291 g/mol. The Morgan fingerprint density at radius 3 is 2.57 bits per heavy atom. The lowest BCUT2D eigenvalue weighted by molar-refractivity contribution is -0.121. The van der Waals surface area contributed by atoms with Gasteiger partial charge in [0.2, 0.25) is 5.91 Å². The highest BCUT2D eigenvalue weighted by Gasteiger charge is 2.10. The van der Waals surface area contributed by atoms with E-state index in [0.717, 1.165) is 19.4 Å². The van der Waals surface area contributed by atoms with Gasteiger partial charge in [0.1, 0.15) is 0 Å². The summed E-state index contributed by atoms with van der Waals surface area (Å²) in [5, 5.41) is 2.96. The van der Waals surface area contributed by atoms with Crippen molar-refractivity contribution < 1.29 is 4.79 Å². The van der Waals surface area contributed by atoms with E-state index in [9.17, 15) is 4.79 Å². The van der Waals surface area contributed by atoms with Crippen LogP contribution in [0.3, 0.4) is 0 Å². The first kappa shape index (κ1) is 17.7. The number of rotatable bonds is 9. The second kappa shape index (κ2) is 9.53. The van der Waals surface area contributed by atoms with E-state index in [1.54, 1.807) is 0 Å². The average Bonchev–Trinajstić information content (AvgIpc) is 2.45. The van der Waals surface area contributed by atoms with Crippen molar-refractivity contribution in [2.24, 2.45) is 11.7 Å². The lowest BCUT2D eigenvalue weighted by Crippen LogP contribution is -2.38. The van der Waals surface area contributed by atoms with Gasteiger partial charge in [-0.15, -0.1) is 0 Å². The van der Waals surface area contributed by atoms with Crippen LogP contribution in [-0.2, 0) is 11.2 Å². The number of nitrogens with two attached hydrogens (primary N) is 1. The number of carbonyl (C=O) groups is 1. The molecule has 118 valence electrons. The van der Waals surface area contributed by atoms with Crippen LogP contribution in [0.15, 0.2) is 30.3 Å². The first-order valence-corrected chi connectivity index (χ1v) is 7.73. The molecule has 0 aromatic heterocycles. The van der Waals surface area contributed by atoms with E-state index in [4.69, 9.17) is 5.73 Å². The third kappa shape index (κ3) is 7.83. The van der Waals surface area contributed by atoms with Crippen LogP contribution in [-0.4, -0.2) is 43.5 Å². The Labute approximate surface area is 128 Å². The van der Waals surface area contributed by atoms with Crippen LogP contribution in [0.25, 0.3) is 0 Å². The number of nitrogens with zero attached hydrogens (tertiary/aromatic N) is 1. The van der Waals surface area contributed by atoms with E-state index in [-0.39, 0.29) is 11.9 Å². The molecule has 0 aliphatic rings. The molecule has 0 saturated carbocycles. The fraction of sp³-hybridized carbons (Fsp3) is 0.588. The topological polar surface area (TPSA) is 58.4 Å². The number of amides is 1. The molecule has 1 atom stereocenters. The Bertz CT molecular complexity index is 406. The molecule has 1 unspecified atom stereocenters. The van der Waals surface area contributed by atoms with E-state index >= 15 is 0 Å². The Balaban J connectivity index is 2.15. The third-order valence-electron chi connectivity index (χ3n) is 3.69. The van der Waals surface area contributed by atoms with Crippen LogP contribution in [0, 0.1) is 5.92 Å². The highest BCUT2D eigenvalue weighted by Crippen LogP contribution is 2.03. The van der Waals surface area contributed by atoms with E-state index in [2.05, 4.69) is 31.3 Å². The highest BCUT2D eigenvalue weighted by atomic mass is 16.2. The largest absolute Gasteiger partial charge is 0.355 e. The van der Waals surface area contributed by atoms with E-state index in [0.29, 0.717) is 19.0 Å². The minimum absolute atomic E-state index is 0.0755. The van der Waals surface area contributed by atoms with E-state index in [1.165, 1.54) is 5.56 Å². The average molecular weight is 291 g/mol. The second-order valence-corrected chi connectivity index (χ2v) is 6.02. The van der Waals surface area contributed by atoms with Crippen molar-refractivity contribution in [3.63, 3.8) is 0 Å². The van der Waals surface area contributed by atoms with Gasteiger partial charge in [-0.1, -0.05) is 44.2 Å². The molecule has 4 nitrogen and oxygen atoms in total. The lowest BCUT2D eigenvalue weighted by Gasteiger charge is -2.20. The van der Waals surface area contributed by atoms with Gasteiger partial charge >= 0.3 is 0 Å². The fourth-order valence-electron chi connectivity index (χ4n) is 2.07. The maximum Gasteiger partial charge on any atom is 0.234 e. The summed E-state index contributed by atoms with van der Waals surface area (Å²) in [5.41, 5.74) is 7.26. The normalized spacial score (nSPS) is 12.7. The maximum atomic E-state index is 11.8. The smallest absolute Gasteiger partial charge is 0.234 e. The van der Waals surface area contributed by atoms with Crippen molar-refractivity contribution in [1.82, 2.24) is 10.2 Å². The van der Waals surface area contributed by atoms with Crippen LogP contribution in [0.4, 0.5) is 0 Å². The predicted octanol–water partition coefficient (Wildman–Crippen LogP) is 1.65. The van der Waals surface area contributed by atoms with Crippen molar-refractivity contribution in [1.29, 1.82) is 0 Å². The SMILES string of the molecule is CC(C)C(N)CCN(C)CC(=O)NCCc1ccccc1. The van der Waals surface area contributed by atoms with Crippen LogP contribution in [0.1, 0.15) is 25.8 Å². The molecule has 0 fully saturated rings. The summed E-state index contributed by atoms with van der Waals surface area (Å²) in [7, 11) is 1.96. The number of nitrogens with one attached hydrogen (secondary N) is 1. The van der Waals surface area contributed by atoms with Gasteiger partial charge in [0.15, 0.2) is 0 Å². The lowest BCUT2D eigenvalue weighted by atomic mass is 10.0. The summed E-state index contributed by atoms with van der Waals surface area (Å²) in [5.74, 6) is 0.560. The summed E-state index contributed by atoms with van der Waals surface area (Å²) in [6.07, 6.45) is 1.79. The molecular formula is C17H29N3O. The molecule has 3 N–H and O–H groups in total. The molecule has 1 rings (SSSR count). The number of likely N-dealkylation sites (N-methyl/N-ethyl adjacent to an activating group) is 1. The molecule has 1 aromatic carbocycles. The predicted molar refractivity (Wildman–Crippen MR) is 88.1 cm³/mol. The summed E-state index contributed by atoms with van der Waals surface area (Å²) >= 11 is 0. The maximum absolute atomic E-state index is 11.8. The number of carbonyl (C=O) groups excluding carboxylic acids is 1. The molecule has 1 aromatic rings. The number of hydrogen-bond acceptors (Lipinski definition) is 3. The van der Waals surface area contributed by atoms with Gasteiger partial charge in [-0.2, -0.15) is 0 Å². The van der Waals surface area contributed by atoms with Crippen molar-refractivity contribution in [2.45, 2.75) is 32.7 Å². The van der Waals surface area contributed by atoms with Crippen molar-refractivity contribution >= 4 is 5.91 Å². The molecule has 0 saturated heterocycles. The van der Waals surface area contributed by atoms with Gasteiger partial charge in [-0.3, -0.25) is 9.69 Å². The first-order chi connectivity index (χ1) is 9.99. The van der Waals surface area contributed by atoms with Gasteiger partial charge in [0.05, 0.1) is 6.54 Å². The summed E-state index contributed by atoms with van der Waals surface area (Å²) in [4.78, 5) is 13.9. The van der Waals surface area contributed by atoms with Crippen LogP contribution >= 0.6 is 0 Å². The summed E-state index contributed by atoms with van der Waals surface area (Å²) in [6.45, 7) is 6.22. The van der Waals surface area contributed by atoms with Gasteiger partial charge < -0.3 is 11.1 Å². The highest BCUT2D eigenvalue weighted by molar-refractivity contribution is 5.77. The molecule has 0 bridgehead atoms.